The summed E-state index contributed by atoms with van der Waals surface area (Å²) < 4.78 is 136. The highest BCUT2D eigenvalue weighted by Gasteiger charge is 2.71. The third-order valence-corrected chi connectivity index (χ3v) is 32.2. The van der Waals surface area contributed by atoms with Gasteiger partial charge in [-0.25, -0.2) is 33.6 Å². The molecule has 4 saturated carbocycles. The zero-order chi connectivity index (χ0) is 103. The minimum absolute atomic E-state index is 0.0142. The summed E-state index contributed by atoms with van der Waals surface area (Å²) in [7, 11) is 0. The Labute approximate surface area is 849 Å². The van der Waals surface area contributed by atoms with Gasteiger partial charge in [0.15, 0.2) is 73.7 Å². The molecule has 0 spiro atoms. The Kier molecular flexibility index (Phi) is 30.8. The molecule has 5 aliphatic heterocycles. The zero-order valence-electron chi connectivity index (χ0n) is 84.1. The Morgan fingerprint density at radius 1 is 0.363 bits per heavy atom. The Morgan fingerprint density at radius 3 is 1.25 bits per heavy atom. The normalized spacial score (nSPS) is 33.3. The van der Waals surface area contributed by atoms with Gasteiger partial charge in [-0.15, -0.1) is 0 Å². The Balaban J connectivity index is 0.716. The van der Waals surface area contributed by atoms with Crippen LogP contribution in [0.2, 0.25) is 0 Å². The van der Waals surface area contributed by atoms with Gasteiger partial charge in [0.25, 0.3) is 0 Å². The standard InChI is InChI=1S/C116H128O30/c1-68-87(132-69(2)117)91(95(133-70(3)118)106(131-68)144-94-90-83(145-112(8,9)146-90)67-129-105(94)136-86-56-57-113(10)84(111(86,6)7)55-58-115(12)85(113)54-53-79-80-63-110(4,5)59-61-116(80,62-60-114(79,115)11)109(126)130-64-71-37-21-13-22-38-71)143-108-97(141-104(125)78-51-35-20-36-52-78)93(139-102(123)76-47-31-18-32-48-76)89(82(135-108)66-128-99(120)73-41-25-15-26-42-73)142-107-96(140-103(124)77-49-33-19-34-50-77)92(138-101(122)75-45-29-17-30-46-75)88(137-100(121)74-43-27-16-28-44-74)81(134-107)65-127-98(119)72-39-23-14-24-40-72/h13-53,68,80-97,105-108H,54-67H2,1-12H3/t68-,80-,81+,82+,83-,84-,85+,86-,87-,88+,89+,90-,91+,92-,93-,94+,95+,96+,97+,105-,106-,107-,108-,113-,114+,115+,116-/m0/s1. The lowest BCUT2D eigenvalue weighted by Gasteiger charge is -2.71. The van der Waals surface area contributed by atoms with Crippen molar-refractivity contribution in [1.29, 1.82) is 0 Å². The molecule has 10 aliphatic rings. The fraction of sp³-hybridized carbons (Fsp3) is 0.483. The molecule has 30 heteroatoms. The molecule has 8 aromatic rings. The average molecular weight is 2000 g/mol. The van der Waals surface area contributed by atoms with Gasteiger partial charge in [0.2, 0.25) is 0 Å². The van der Waals surface area contributed by atoms with E-state index in [1.807, 2.05) is 30.3 Å². The molecule has 5 saturated heterocycles. The van der Waals surface area contributed by atoms with Crippen molar-refractivity contribution in [3.63, 3.8) is 0 Å². The monoisotopic (exact) mass is 2000 g/mol. The molecule has 0 aromatic heterocycles. The second-order valence-corrected chi connectivity index (χ2v) is 42.6. The Morgan fingerprint density at radius 2 is 0.767 bits per heavy atom. The fourth-order valence-corrected chi connectivity index (χ4v) is 24.7. The topological polar surface area (TPSA) is 355 Å². The summed E-state index contributed by atoms with van der Waals surface area (Å²) in [6, 6.07) is 63.6. The third kappa shape index (κ3) is 21.6. The van der Waals surface area contributed by atoms with Crippen molar-refractivity contribution >= 4 is 59.7 Å². The molecule has 27 atom stereocenters. The van der Waals surface area contributed by atoms with Gasteiger partial charge in [0, 0.05) is 13.8 Å². The zero-order valence-corrected chi connectivity index (χ0v) is 84.1. The summed E-state index contributed by atoms with van der Waals surface area (Å²) in [6.07, 6.45) is -23.8. The van der Waals surface area contributed by atoms with Gasteiger partial charge in [0.1, 0.15) is 62.5 Å². The molecule has 0 bridgehead atoms. The minimum atomic E-state index is -2.28. The van der Waals surface area contributed by atoms with Crippen LogP contribution in [0.3, 0.4) is 0 Å². The molecule has 5 heterocycles. The molecule has 0 unspecified atom stereocenters. The van der Waals surface area contributed by atoms with Crippen molar-refractivity contribution in [2.45, 2.75) is 283 Å². The first-order valence-corrected chi connectivity index (χ1v) is 50.6. The average Bonchev–Trinajstić information content (AvgIpc) is 0.704. The van der Waals surface area contributed by atoms with E-state index in [0.29, 0.717) is 6.42 Å². The Hall–Kier alpha value is -12.2. The predicted molar refractivity (Wildman–Crippen MR) is 523 cm³/mol. The first-order chi connectivity index (χ1) is 70.0. The van der Waals surface area contributed by atoms with Crippen LogP contribution < -0.4 is 0 Å². The SMILES string of the molecule is CC(=O)O[C@@H]1[C@@H](O[C@@H]2O[C@H](COC(=O)c3ccccc3)[C@@H](O[C@@H]3O[C@H](COC(=O)c4ccccc4)[C@@H](OC(=O)c4ccccc4)[C@H](OC(=O)c4ccccc4)[C@H]3OC(=O)c3ccccc3)[C@H](OC(=O)c3ccccc3)[C@H]2OC(=O)c2ccccc2)[C@@H](OC(C)=O)[C@H](O[C@H]2[C@H](O[C@H]3CC[C@]4(C)[C@H]5CC=C6[C@@H]7CC(C)(C)CC[C@]7(C(=O)OCc7ccccc7)CC[C@@]6(C)[C@]5(C)CC[C@H]4C3(C)C)OC[C@@H]3OC(C)(C)O[C@H]23)O[C@H]1C. The molecule has 9 fully saturated rings. The lowest BCUT2D eigenvalue weighted by molar-refractivity contribution is -0.387. The molecule has 30 nitrogen and oxygen atoms in total. The summed E-state index contributed by atoms with van der Waals surface area (Å²) in [5, 5.41) is 0. The maximum atomic E-state index is 15.8. The van der Waals surface area contributed by atoms with Gasteiger partial charge in [-0.1, -0.05) is 218 Å². The van der Waals surface area contributed by atoms with Crippen molar-refractivity contribution in [3.05, 3.63) is 299 Å². The number of hydrogen-bond donors (Lipinski definition) is 0. The number of carbonyl (C=O) groups is 10. The van der Waals surface area contributed by atoms with Crippen LogP contribution in [-0.4, -0.2) is 208 Å². The van der Waals surface area contributed by atoms with Gasteiger partial charge in [-0.05, 0) is 220 Å². The van der Waals surface area contributed by atoms with Crippen molar-refractivity contribution in [2.24, 2.45) is 50.2 Å². The summed E-state index contributed by atoms with van der Waals surface area (Å²) in [5.41, 5.74) is 0.369. The summed E-state index contributed by atoms with van der Waals surface area (Å²) in [5.74, 6) is -10.1. The highest BCUT2D eigenvalue weighted by Crippen LogP contribution is 2.76. The number of esters is 10. The maximum absolute atomic E-state index is 15.8. The largest absolute Gasteiger partial charge is 0.460 e. The van der Waals surface area contributed by atoms with Crippen LogP contribution in [0.5, 0.6) is 0 Å². The van der Waals surface area contributed by atoms with E-state index < -0.39 is 206 Å². The van der Waals surface area contributed by atoms with Gasteiger partial charge in [-0.2, -0.15) is 0 Å². The van der Waals surface area contributed by atoms with Crippen LogP contribution in [0.4, 0.5) is 0 Å². The molecule has 18 rings (SSSR count). The predicted octanol–water partition coefficient (Wildman–Crippen LogP) is 17.8. The molecule has 5 aliphatic carbocycles. The van der Waals surface area contributed by atoms with E-state index in [4.69, 9.17) is 94.7 Å². The number of fused-ring (bicyclic) bond motifs is 8. The molecule has 0 N–H and O–H groups in total. The smallest absolute Gasteiger partial charge is 0.338 e. The van der Waals surface area contributed by atoms with Crippen LogP contribution in [0.1, 0.15) is 225 Å². The van der Waals surface area contributed by atoms with Crippen molar-refractivity contribution in [1.82, 2.24) is 0 Å². The first kappa shape index (κ1) is 104. The quantitative estimate of drug-likeness (QED) is 0.0182. The molecule has 0 radical (unpaired) electrons. The molecular formula is C116H128O30. The second-order valence-electron chi connectivity index (χ2n) is 42.6. The van der Waals surface area contributed by atoms with Crippen LogP contribution >= 0.6 is 0 Å². The Bertz CT molecular complexity index is 5990. The highest BCUT2D eigenvalue weighted by molar-refractivity contribution is 5.93. The van der Waals surface area contributed by atoms with E-state index in [1.165, 1.54) is 90.5 Å². The lowest BCUT2D eigenvalue weighted by atomic mass is 9.33. The molecule has 8 aromatic carbocycles. The van der Waals surface area contributed by atoms with Crippen molar-refractivity contribution in [2.75, 3.05) is 19.8 Å². The van der Waals surface area contributed by atoms with Gasteiger partial charge < -0.3 is 94.7 Å². The van der Waals surface area contributed by atoms with E-state index in [0.717, 1.165) is 77.2 Å². The molecule has 0 amide bonds. The van der Waals surface area contributed by atoms with E-state index in [9.17, 15) is 24.0 Å². The third-order valence-electron chi connectivity index (χ3n) is 32.2. The van der Waals surface area contributed by atoms with Crippen LogP contribution in [0, 0.1) is 50.2 Å². The summed E-state index contributed by atoms with van der Waals surface area (Å²) >= 11 is 0. The number of hydrogen-bond acceptors (Lipinski definition) is 30. The van der Waals surface area contributed by atoms with Crippen molar-refractivity contribution in [3.8, 4) is 0 Å². The summed E-state index contributed by atoms with van der Waals surface area (Å²) in [6.45, 7) is 22.5. The van der Waals surface area contributed by atoms with E-state index in [2.05, 4.69) is 54.5 Å². The second kappa shape index (κ2) is 43.3. The number of rotatable bonds is 29. The first-order valence-electron chi connectivity index (χ1n) is 50.6. The van der Waals surface area contributed by atoms with Gasteiger partial charge >= 0.3 is 59.7 Å². The minimum Gasteiger partial charge on any atom is -0.460 e. The fourth-order valence-electron chi connectivity index (χ4n) is 24.7. The number of ether oxygens (including phenoxy) is 20. The molecular weight excluding hydrogens is 1870 g/mol. The van der Waals surface area contributed by atoms with Crippen LogP contribution in [-0.2, 0) is 116 Å². The van der Waals surface area contributed by atoms with Crippen molar-refractivity contribution < 1.29 is 143 Å². The van der Waals surface area contributed by atoms with Gasteiger partial charge in [0.05, 0.1) is 63.2 Å². The lowest BCUT2D eigenvalue weighted by Crippen LogP contribution is -2.69. The number of benzene rings is 8. The molecule has 772 valence electrons. The van der Waals surface area contributed by atoms with E-state index in [1.54, 1.807) is 148 Å². The number of carbonyl (C=O) groups excluding carboxylic acids is 10. The highest BCUT2D eigenvalue weighted by atomic mass is 16.8. The van der Waals surface area contributed by atoms with E-state index >= 15 is 24.0 Å². The van der Waals surface area contributed by atoms with E-state index in [-0.39, 0.29) is 97.5 Å². The summed E-state index contributed by atoms with van der Waals surface area (Å²) in [4.78, 5) is 150. The van der Waals surface area contributed by atoms with Crippen LogP contribution in [0.15, 0.2) is 254 Å². The van der Waals surface area contributed by atoms with Crippen LogP contribution in [0.25, 0.3) is 0 Å². The number of allylic oxidation sites excluding steroid dienone is 2. The van der Waals surface area contributed by atoms with Gasteiger partial charge in [-0.3, -0.25) is 14.4 Å². The molecule has 146 heavy (non-hydrogen) atoms. The maximum Gasteiger partial charge on any atom is 0.338 e.